The van der Waals surface area contributed by atoms with Crippen LogP contribution in [0.15, 0.2) is 170 Å². The Labute approximate surface area is 307 Å². The molecule has 0 spiro atoms. The Morgan fingerprint density at radius 3 is 1.40 bits per heavy atom. The van der Waals surface area contributed by atoms with E-state index in [0.29, 0.717) is 0 Å². The minimum absolute atomic E-state index is 0.0422. The molecule has 0 saturated carbocycles. The zero-order chi connectivity index (χ0) is 35.0. The van der Waals surface area contributed by atoms with E-state index in [1.54, 1.807) is 0 Å². The summed E-state index contributed by atoms with van der Waals surface area (Å²) in [7, 11) is 0. The van der Waals surface area contributed by atoms with Crippen LogP contribution in [0.2, 0.25) is 0 Å². The van der Waals surface area contributed by atoms with Gasteiger partial charge in [-0.2, -0.15) is 0 Å². The molecule has 0 N–H and O–H groups in total. The van der Waals surface area contributed by atoms with Crippen LogP contribution in [0.5, 0.6) is 0 Å². The van der Waals surface area contributed by atoms with E-state index < -0.39 is 0 Å². The molecule has 1 aliphatic carbocycles. The van der Waals surface area contributed by atoms with Crippen molar-refractivity contribution < 1.29 is 0 Å². The van der Waals surface area contributed by atoms with Crippen LogP contribution in [0.1, 0.15) is 25.0 Å². The van der Waals surface area contributed by atoms with Gasteiger partial charge in [0.25, 0.3) is 0 Å². The highest BCUT2D eigenvalue weighted by atomic mass is 14.4. The second kappa shape index (κ2) is 10.3. The smallest absolute Gasteiger partial charge is 0.0159 e. The van der Waals surface area contributed by atoms with Gasteiger partial charge in [-0.1, -0.05) is 166 Å². The van der Waals surface area contributed by atoms with E-state index in [1.165, 1.54) is 120 Å². The number of benzene rings is 10. The van der Waals surface area contributed by atoms with Crippen molar-refractivity contribution >= 4 is 75.4 Å². The molecule has 0 aliphatic heterocycles. The summed E-state index contributed by atoms with van der Waals surface area (Å²) >= 11 is 0. The second-order valence-electron chi connectivity index (χ2n) is 15.6. The zero-order valence-electron chi connectivity index (χ0n) is 29.7. The van der Waals surface area contributed by atoms with Crippen LogP contribution >= 0.6 is 0 Å². The lowest BCUT2D eigenvalue weighted by Gasteiger charge is -2.22. The molecular weight excluding hydrogens is 637 g/mol. The molecule has 0 atom stereocenters. The summed E-state index contributed by atoms with van der Waals surface area (Å²) in [5, 5.41) is 18.3. The third-order valence-corrected chi connectivity index (χ3v) is 12.6. The quantitative estimate of drug-likeness (QED) is 0.161. The topological polar surface area (TPSA) is 0 Å². The van der Waals surface area contributed by atoms with Gasteiger partial charge in [-0.15, -0.1) is 0 Å². The SMILES string of the molecule is CC1(C)c2ccccc2-c2ccc(-c3ccc(-c4cc5ccc6cccc7c8cccc9ccc%10cccc(c(c4)c5c67)c%10c98)c4ccccc34)cc21. The van der Waals surface area contributed by atoms with Gasteiger partial charge >= 0.3 is 0 Å². The van der Waals surface area contributed by atoms with Crippen molar-refractivity contribution in [1.82, 2.24) is 0 Å². The molecule has 0 aromatic heterocycles. The Morgan fingerprint density at radius 2 is 0.755 bits per heavy atom. The molecule has 11 aromatic rings. The fourth-order valence-corrected chi connectivity index (χ4v) is 10.1. The van der Waals surface area contributed by atoms with E-state index in [9.17, 15) is 0 Å². The Hall–Kier alpha value is -6.50. The monoisotopic (exact) mass is 670 g/mol. The van der Waals surface area contributed by atoms with Crippen LogP contribution in [0.4, 0.5) is 0 Å². The van der Waals surface area contributed by atoms with Gasteiger partial charge < -0.3 is 0 Å². The minimum Gasteiger partial charge on any atom is -0.0619 e. The summed E-state index contributed by atoms with van der Waals surface area (Å²) in [5.41, 5.74) is 10.5. The first kappa shape index (κ1) is 29.1. The molecule has 53 heavy (non-hydrogen) atoms. The van der Waals surface area contributed by atoms with E-state index in [4.69, 9.17) is 0 Å². The molecule has 0 bridgehead atoms. The largest absolute Gasteiger partial charge is 0.0619 e. The number of hydrogen-bond acceptors (Lipinski definition) is 0. The van der Waals surface area contributed by atoms with Crippen molar-refractivity contribution in [3.8, 4) is 33.4 Å². The fourth-order valence-electron chi connectivity index (χ4n) is 10.1. The highest BCUT2D eigenvalue weighted by molar-refractivity contribution is 6.37. The van der Waals surface area contributed by atoms with Crippen molar-refractivity contribution in [2.24, 2.45) is 0 Å². The van der Waals surface area contributed by atoms with Crippen molar-refractivity contribution in [3.63, 3.8) is 0 Å². The van der Waals surface area contributed by atoms with Gasteiger partial charge in [-0.25, -0.2) is 0 Å². The van der Waals surface area contributed by atoms with Gasteiger partial charge in [-0.05, 0) is 138 Å². The Balaban J connectivity index is 1.15. The van der Waals surface area contributed by atoms with E-state index >= 15 is 0 Å². The maximum absolute atomic E-state index is 2.48. The van der Waals surface area contributed by atoms with Crippen LogP contribution in [0, 0.1) is 0 Å². The van der Waals surface area contributed by atoms with Gasteiger partial charge in [0.05, 0.1) is 0 Å². The van der Waals surface area contributed by atoms with Crippen molar-refractivity contribution in [2.45, 2.75) is 19.3 Å². The van der Waals surface area contributed by atoms with Crippen LogP contribution in [-0.2, 0) is 5.41 Å². The predicted octanol–water partition coefficient (Wildman–Crippen LogP) is 14.8. The first-order valence-corrected chi connectivity index (χ1v) is 18.8. The highest BCUT2D eigenvalue weighted by Gasteiger charge is 2.35. The second-order valence-corrected chi connectivity index (χ2v) is 15.6. The first-order chi connectivity index (χ1) is 26.0. The number of hydrogen-bond donors (Lipinski definition) is 0. The Bertz CT molecular complexity index is 3350. The van der Waals surface area contributed by atoms with Crippen LogP contribution < -0.4 is 0 Å². The van der Waals surface area contributed by atoms with E-state index in [-0.39, 0.29) is 5.41 Å². The predicted molar refractivity (Wildman–Crippen MR) is 229 cm³/mol. The lowest BCUT2D eigenvalue weighted by atomic mass is 9.81. The molecule has 0 heteroatoms. The standard InChI is InChI=1S/C53H34/c1-53(2)47-19-6-5-15-41(47)42-25-24-34(30-48(42)53)37-26-27-38(40-14-4-3-13-39(37)40)36-28-35-23-22-33-11-8-17-44-43-16-7-10-31-20-21-32-12-9-18-45(51(32)49(31)43)46(29-36)52(35)50(33)44/h3-30H,1-2H3. The summed E-state index contributed by atoms with van der Waals surface area (Å²) in [6.45, 7) is 4.73. The molecule has 0 nitrogen and oxygen atoms in total. The molecule has 11 aromatic carbocycles. The van der Waals surface area contributed by atoms with Gasteiger partial charge in [0.15, 0.2) is 0 Å². The highest BCUT2D eigenvalue weighted by Crippen LogP contribution is 2.50. The molecule has 0 saturated heterocycles. The molecule has 0 radical (unpaired) electrons. The third kappa shape index (κ3) is 3.85. The van der Waals surface area contributed by atoms with E-state index in [2.05, 4.69) is 184 Å². The molecule has 0 fully saturated rings. The lowest BCUT2D eigenvalue weighted by Crippen LogP contribution is -2.14. The van der Waals surface area contributed by atoms with E-state index in [1.807, 2.05) is 0 Å². The summed E-state index contributed by atoms with van der Waals surface area (Å²) < 4.78 is 0. The van der Waals surface area contributed by atoms with Gasteiger partial charge in [0.2, 0.25) is 0 Å². The molecule has 0 unspecified atom stereocenters. The third-order valence-electron chi connectivity index (χ3n) is 12.6. The van der Waals surface area contributed by atoms with Gasteiger partial charge in [0.1, 0.15) is 0 Å². The van der Waals surface area contributed by atoms with Crippen LogP contribution in [0.3, 0.4) is 0 Å². The Morgan fingerprint density at radius 1 is 0.283 bits per heavy atom. The van der Waals surface area contributed by atoms with Gasteiger partial charge in [0, 0.05) is 5.41 Å². The summed E-state index contributed by atoms with van der Waals surface area (Å²) in [6, 6.07) is 64.4. The fraction of sp³-hybridized carbons (Fsp3) is 0.0566. The molecule has 12 rings (SSSR count). The summed E-state index contributed by atoms with van der Waals surface area (Å²) in [6.07, 6.45) is 0. The van der Waals surface area contributed by atoms with Gasteiger partial charge in [-0.3, -0.25) is 0 Å². The average molecular weight is 671 g/mol. The molecule has 1 aliphatic rings. The minimum atomic E-state index is -0.0422. The van der Waals surface area contributed by atoms with Crippen LogP contribution in [-0.4, -0.2) is 0 Å². The molecule has 246 valence electrons. The lowest BCUT2D eigenvalue weighted by molar-refractivity contribution is 0.660. The van der Waals surface area contributed by atoms with Crippen molar-refractivity contribution in [2.75, 3.05) is 0 Å². The maximum atomic E-state index is 2.48. The summed E-state index contributed by atoms with van der Waals surface area (Å²) in [5.74, 6) is 0. The van der Waals surface area contributed by atoms with Crippen molar-refractivity contribution in [3.05, 3.63) is 181 Å². The molecule has 0 heterocycles. The first-order valence-electron chi connectivity index (χ1n) is 18.8. The number of rotatable bonds is 2. The summed E-state index contributed by atoms with van der Waals surface area (Å²) in [4.78, 5) is 0. The zero-order valence-corrected chi connectivity index (χ0v) is 29.7. The normalized spacial score (nSPS) is 13.6. The molecular formula is C53H34. The average Bonchev–Trinajstić information content (AvgIpc) is 3.43. The maximum Gasteiger partial charge on any atom is 0.0159 e. The Kier molecular flexibility index (Phi) is 5.66. The molecule has 0 amide bonds. The van der Waals surface area contributed by atoms with E-state index in [0.717, 1.165) is 0 Å². The van der Waals surface area contributed by atoms with Crippen LogP contribution in [0.25, 0.3) is 109 Å². The number of fused-ring (bicyclic) bond motifs is 6. The van der Waals surface area contributed by atoms with Crippen molar-refractivity contribution in [1.29, 1.82) is 0 Å².